The summed E-state index contributed by atoms with van der Waals surface area (Å²) < 4.78 is 16.4. The highest BCUT2D eigenvalue weighted by atomic mass is 16.5. The van der Waals surface area contributed by atoms with E-state index in [-0.39, 0.29) is 5.91 Å². The van der Waals surface area contributed by atoms with E-state index in [4.69, 9.17) is 14.2 Å². The molecular weight excluding hydrogens is 424 g/mol. The minimum absolute atomic E-state index is 0.183. The van der Waals surface area contributed by atoms with Crippen LogP contribution in [-0.2, 0) is 19.1 Å². The molecule has 0 aliphatic carbocycles. The van der Waals surface area contributed by atoms with E-state index in [0.717, 1.165) is 18.4 Å². The van der Waals surface area contributed by atoms with Crippen molar-refractivity contribution in [3.05, 3.63) is 54.1 Å². The zero-order valence-electron chi connectivity index (χ0n) is 19.2. The van der Waals surface area contributed by atoms with Crippen LogP contribution in [0.3, 0.4) is 0 Å². The minimum Gasteiger partial charge on any atom is -0.490 e. The van der Waals surface area contributed by atoms with Crippen molar-refractivity contribution in [1.82, 2.24) is 0 Å². The van der Waals surface area contributed by atoms with Gasteiger partial charge in [-0.05, 0) is 61.4 Å². The summed E-state index contributed by atoms with van der Waals surface area (Å²) in [5.41, 5.74) is 1.87. The molecule has 0 atom stereocenters. The topological polar surface area (TPSA) is 103 Å². The first-order valence-corrected chi connectivity index (χ1v) is 10.8. The van der Waals surface area contributed by atoms with Gasteiger partial charge in [0, 0.05) is 24.4 Å². The summed E-state index contributed by atoms with van der Waals surface area (Å²) in [6, 6.07) is 12.0. The molecule has 0 aliphatic heterocycles. The lowest BCUT2D eigenvalue weighted by Gasteiger charge is -2.12. The third-order valence-electron chi connectivity index (χ3n) is 4.27. The maximum absolute atomic E-state index is 12.0. The Balaban J connectivity index is 1.85. The van der Waals surface area contributed by atoms with Crippen LogP contribution in [0.15, 0.2) is 48.5 Å². The van der Waals surface area contributed by atoms with Gasteiger partial charge in [-0.3, -0.25) is 9.59 Å². The van der Waals surface area contributed by atoms with E-state index in [1.165, 1.54) is 13.0 Å². The molecule has 0 unspecified atom stereocenters. The monoisotopic (exact) mass is 454 g/mol. The molecule has 0 saturated heterocycles. The zero-order valence-corrected chi connectivity index (χ0v) is 19.2. The number of benzene rings is 2. The lowest BCUT2D eigenvalue weighted by Crippen LogP contribution is -2.20. The van der Waals surface area contributed by atoms with E-state index in [1.807, 2.05) is 13.0 Å². The molecule has 33 heavy (non-hydrogen) atoms. The van der Waals surface area contributed by atoms with Gasteiger partial charge in [0.25, 0.3) is 5.91 Å². The van der Waals surface area contributed by atoms with Gasteiger partial charge >= 0.3 is 5.97 Å². The highest BCUT2D eigenvalue weighted by molar-refractivity contribution is 5.95. The van der Waals surface area contributed by atoms with Crippen molar-refractivity contribution in [1.29, 1.82) is 0 Å². The fourth-order valence-electron chi connectivity index (χ4n) is 2.73. The van der Waals surface area contributed by atoms with Crippen molar-refractivity contribution in [2.24, 2.45) is 0 Å². The highest BCUT2D eigenvalue weighted by Gasteiger charge is 2.08. The molecule has 0 spiro atoms. The molecule has 0 bridgehead atoms. The first kappa shape index (κ1) is 25.5. The molecule has 176 valence electrons. The molecule has 0 aromatic heterocycles. The van der Waals surface area contributed by atoms with Crippen molar-refractivity contribution in [2.45, 2.75) is 33.6 Å². The Morgan fingerprint density at radius 3 is 2.24 bits per heavy atom. The van der Waals surface area contributed by atoms with Gasteiger partial charge in [-0.15, -0.1) is 0 Å². The van der Waals surface area contributed by atoms with Gasteiger partial charge in [-0.1, -0.05) is 19.4 Å². The number of amides is 2. The third kappa shape index (κ3) is 9.47. The molecule has 8 heteroatoms. The highest BCUT2D eigenvalue weighted by Crippen LogP contribution is 2.29. The summed E-state index contributed by atoms with van der Waals surface area (Å²) in [7, 11) is 0. The molecule has 2 amide bonds. The zero-order chi connectivity index (χ0) is 24.1. The van der Waals surface area contributed by atoms with Gasteiger partial charge in [0.1, 0.15) is 0 Å². The number of esters is 1. The predicted octanol–water partition coefficient (Wildman–Crippen LogP) is 4.42. The Morgan fingerprint density at radius 1 is 0.909 bits per heavy atom. The predicted molar refractivity (Wildman–Crippen MR) is 127 cm³/mol. The first-order valence-electron chi connectivity index (χ1n) is 10.8. The summed E-state index contributed by atoms with van der Waals surface area (Å²) in [6.07, 6.45) is 4.82. The maximum atomic E-state index is 12.0. The number of rotatable bonds is 12. The van der Waals surface area contributed by atoms with Crippen LogP contribution in [0.4, 0.5) is 11.4 Å². The van der Waals surface area contributed by atoms with E-state index in [9.17, 15) is 14.4 Å². The lowest BCUT2D eigenvalue weighted by molar-refractivity contribution is -0.142. The molecule has 0 saturated carbocycles. The van der Waals surface area contributed by atoms with Gasteiger partial charge in [-0.2, -0.15) is 0 Å². The molecule has 0 aliphatic rings. The van der Waals surface area contributed by atoms with Crippen LogP contribution in [0.5, 0.6) is 11.5 Å². The van der Waals surface area contributed by atoms with Crippen molar-refractivity contribution in [3.63, 3.8) is 0 Å². The van der Waals surface area contributed by atoms with Crippen LogP contribution >= 0.6 is 0 Å². The molecule has 0 radical (unpaired) electrons. The molecular formula is C25H30N2O6. The second-order valence-electron chi connectivity index (χ2n) is 7.09. The minimum atomic E-state index is -0.646. The van der Waals surface area contributed by atoms with Crippen LogP contribution in [0, 0.1) is 0 Å². The van der Waals surface area contributed by atoms with Crippen molar-refractivity contribution in [3.8, 4) is 11.5 Å². The fraction of sp³-hybridized carbons (Fsp3) is 0.320. The van der Waals surface area contributed by atoms with Crippen LogP contribution in [-0.4, -0.2) is 37.6 Å². The second-order valence-corrected chi connectivity index (χ2v) is 7.09. The number of unbranched alkanes of at least 4 members (excludes halogenated alkanes) is 1. The molecule has 0 heterocycles. The summed E-state index contributed by atoms with van der Waals surface area (Å²) in [6.45, 7) is 6.07. The van der Waals surface area contributed by atoms with Crippen LogP contribution < -0.4 is 20.1 Å². The fourth-order valence-corrected chi connectivity index (χ4v) is 2.73. The van der Waals surface area contributed by atoms with E-state index in [1.54, 1.807) is 42.5 Å². The third-order valence-corrected chi connectivity index (χ3v) is 4.27. The second kappa shape index (κ2) is 13.6. The molecule has 8 nitrogen and oxygen atoms in total. The SMILES string of the molecule is CCCCOc1ccc(/C=C/C(=O)OCC(=O)Nc2ccc(NC(C)=O)cc2)cc1OCC. The smallest absolute Gasteiger partial charge is 0.331 e. The Hall–Kier alpha value is -3.81. The normalized spacial score (nSPS) is 10.5. The van der Waals surface area contributed by atoms with Crippen molar-refractivity contribution in [2.75, 3.05) is 30.5 Å². The van der Waals surface area contributed by atoms with Gasteiger partial charge in [-0.25, -0.2) is 4.79 Å². The van der Waals surface area contributed by atoms with Crippen molar-refractivity contribution < 1.29 is 28.6 Å². The van der Waals surface area contributed by atoms with Crippen LogP contribution in [0.25, 0.3) is 6.08 Å². The number of nitrogens with one attached hydrogen (secondary N) is 2. The van der Waals surface area contributed by atoms with Gasteiger partial charge in [0.2, 0.25) is 5.91 Å². The molecule has 2 aromatic rings. The number of carbonyl (C=O) groups excluding carboxylic acids is 3. The molecule has 2 N–H and O–H groups in total. The summed E-state index contributed by atoms with van der Waals surface area (Å²) >= 11 is 0. The average molecular weight is 455 g/mol. The van der Waals surface area contributed by atoms with Gasteiger partial charge < -0.3 is 24.8 Å². The number of ether oxygens (including phenoxy) is 3. The largest absolute Gasteiger partial charge is 0.490 e. The molecule has 2 aromatic carbocycles. The average Bonchev–Trinajstić information content (AvgIpc) is 2.79. The van der Waals surface area contributed by atoms with Gasteiger partial charge in [0.05, 0.1) is 13.2 Å². The molecule has 2 rings (SSSR count). The van der Waals surface area contributed by atoms with E-state index < -0.39 is 18.5 Å². The number of carbonyl (C=O) groups is 3. The Kier molecular flexibility index (Phi) is 10.5. The Labute approximate surface area is 193 Å². The first-order chi connectivity index (χ1) is 15.9. The van der Waals surface area contributed by atoms with E-state index >= 15 is 0 Å². The van der Waals surface area contributed by atoms with E-state index in [0.29, 0.717) is 36.1 Å². The standard InChI is InChI=1S/C25H30N2O6/c1-4-6-15-32-22-13-7-19(16-23(22)31-5-2)8-14-25(30)33-17-24(29)27-21-11-9-20(10-12-21)26-18(3)28/h7-14,16H,4-6,15,17H2,1-3H3,(H,26,28)(H,27,29)/b14-8+. The van der Waals surface area contributed by atoms with E-state index in [2.05, 4.69) is 17.6 Å². The number of hydrogen-bond acceptors (Lipinski definition) is 6. The van der Waals surface area contributed by atoms with Gasteiger partial charge in [0.15, 0.2) is 18.1 Å². The van der Waals surface area contributed by atoms with Crippen LogP contribution in [0.1, 0.15) is 39.2 Å². The van der Waals surface area contributed by atoms with Crippen molar-refractivity contribution >= 4 is 35.2 Å². The summed E-state index contributed by atoms with van der Waals surface area (Å²) in [4.78, 5) is 35.0. The number of anilines is 2. The Bertz CT molecular complexity index is 969. The summed E-state index contributed by atoms with van der Waals surface area (Å²) in [5, 5.41) is 5.25. The summed E-state index contributed by atoms with van der Waals surface area (Å²) in [5.74, 6) is -0.0411. The Morgan fingerprint density at radius 2 is 1.61 bits per heavy atom. The quantitative estimate of drug-likeness (QED) is 0.280. The lowest BCUT2D eigenvalue weighted by atomic mass is 10.2. The maximum Gasteiger partial charge on any atom is 0.331 e. The molecule has 0 fully saturated rings. The van der Waals surface area contributed by atoms with Crippen LogP contribution in [0.2, 0.25) is 0 Å². The number of hydrogen-bond donors (Lipinski definition) is 2.